The Hall–Kier alpha value is -1.75. The summed E-state index contributed by atoms with van der Waals surface area (Å²) in [5.74, 6) is -0.228. The summed E-state index contributed by atoms with van der Waals surface area (Å²) < 4.78 is 5.11. The number of carbonyl (C=O) groups is 2. The monoisotopic (exact) mass is 298 g/mol. The average Bonchev–Trinajstić information content (AvgIpc) is 2.38. The van der Waals surface area contributed by atoms with Crippen molar-refractivity contribution < 1.29 is 14.3 Å². The maximum absolute atomic E-state index is 11.8. The van der Waals surface area contributed by atoms with Crippen molar-refractivity contribution in [3.63, 3.8) is 0 Å². The number of carbonyl (C=O) groups excluding carboxylic acids is 2. The molecule has 20 heavy (non-hydrogen) atoms. The second kappa shape index (κ2) is 7.75. The molecule has 0 saturated carbocycles. The first-order chi connectivity index (χ1) is 9.46. The number of hydrogen-bond acceptors (Lipinski definition) is 3. The molecule has 2 amide bonds. The third kappa shape index (κ3) is 5.09. The lowest BCUT2D eigenvalue weighted by atomic mass is 10.2. The fourth-order valence-electron chi connectivity index (χ4n) is 1.55. The minimum Gasteiger partial charge on any atom is -0.495 e. The molecule has 110 valence electrons. The Morgan fingerprint density at radius 2 is 2.05 bits per heavy atom. The van der Waals surface area contributed by atoms with E-state index in [2.05, 4.69) is 10.6 Å². The number of ether oxygens (including phenoxy) is 1. The predicted octanol–water partition coefficient (Wildman–Crippen LogP) is 2.59. The van der Waals surface area contributed by atoms with Gasteiger partial charge in [-0.2, -0.15) is 0 Å². The largest absolute Gasteiger partial charge is 0.495 e. The van der Waals surface area contributed by atoms with Crippen LogP contribution in [-0.4, -0.2) is 25.0 Å². The maximum atomic E-state index is 11.8. The Morgan fingerprint density at radius 1 is 1.35 bits per heavy atom. The zero-order valence-corrected chi connectivity index (χ0v) is 12.6. The zero-order valence-electron chi connectivity index (χ0n) is 11.8. The summed E-state index contributed by atoms with van der Waals surface area (Å²) in [4.78, 5) is 23.4. The molecule has 0 radical (unpaired) electrons. The second-order valence-electron chi connectivity index (χ2n) is 4.45. The fourth-order valence-corrected chi connectivity index (χ4v) is 1.72. The fraction of sp³-hybridized carbons (Fsp3) is 0.429. The number of nitrogens with one attached hydrogen (secondary N) is 2. The summed E-state index contributed by atoms with van der Waals surface area (Å²) >= 11 is 5.86. The van der Waals surface area contributed by atoms with Crippen LogP contribution in [0, 0.1) is 0 Å². The summed E-state index contributed by atoms with van der Waals surface area (Å²) in [6.45, 7) is 3.84. The van der Waals surface area contributed by atoms with E-state index in [9.17, 15) is 9.59 Å². The van der Waals surface area contributed by atoms with Crippen LogP contribution in [0.25, 0.3) is 0 Å². The molecule has 0 aliphatic carbocycles. The van der Waals surface area contributed by atoms with Gasteiger partial charge in [-0.1, -0.05) is 18.5 Å². The average molecular weight is 299 g/mol. The van der Waals surface area contributed by atoms with E-state index in [4.69, 9.17) is 16.3 Å². The minimum absolute atomic E-state index is 0.0519. The van der Waals surface area contributed by atoms with Gasteiger partial charge in [0.2, 0.25) is 11.8 Å². The Kier molecular flexibility index (Phi) is 6.31. The van der Waals surface area contributed by atoms with Crippen LogP contribution in [0.1, 0.15) is 26.7 Å². The van der Waals surface area contributed by atoms with Gasteiger partial charge in [-0.05, 0) is 31.5 Å². The van der Waals surface area contributed by atoms with Crippen molar-refractivity contribution >= 4 is 29.1 Å². The molecule has 0 aliphatic rings. The molecule has 1 aromatic rings. The van der Waals surface area contributed by atoms with Gasteiger partial charge in [-0.25, -0.2) is 0 Å². The molecule has 0 heterocycles. The first-order valence-electron chi connectivity index (χ1n) is 6.39. The van der Waals surface area contributed by atoms with Crippen molar-refractivity contribution in [2.24, 2.45) is 0 Å². The van der Waals surface area contributed by atoms with E-state index < -0.39 is 5.91 Å². The molecular formula is C14H19ClN2O3. The van der Waals surface area contributed by atoms with E-state index in [1.54, 1.807) is 18.2 Å². The van der Waals surface area contributed by atoms with E-state index in [0.29, 0.717) is 16.5 Å². The quantitative estimate of drug-likeness (QED) is 0.793. The van der Waals surface area contributed by atoms with Crippen molar-refractivity contribution in [3.8, 4) is 5.75 Å². The number of rotatable bonds is 6. The Labute approximate surface area is 123 Å². The highest BCUT2D eigenvalue weighted by atomic mass is 35.5. The van der Waals surface area contributed by atoms with Gasteiger partial charge in [0.25, 0.3) is 0 Å². The van der Waals surface area contributed by atoms with Crippen molar-refractivity contribution in [2.45, 2.75) is 32.7 Å². The minimum atomic E-state index is -0.411. The van der Waals surface area contributed by atoms with Gasteiger partial charge in [-0.15, -0.1) is 0 Å². The van der Waals surface area contributed by atoms with Crippen LogP contribution in [0.5, 0.6) is 5.75 Å². The third-order valence-electron chi connectivity index (χ3n) is 2.78. The zero-order chi connectivity index (χ0) is 15.1. The number of anilines is 1. The highest BCUT2D eigenvalue weighted by molar-refractivity contribution is 6.31. The first-order valence-corrected chi connectivity index (χ1v) is 6.76. The van der Waals surface area contributed by atoms with E-state index >= 15 is 0 Å². The molecule has 6 heteroatoms. The van der Waals surface area contributed by atoms with Crippen molar-refractivity contribution in [2.75, 3.05) is 12.4 Å². The normalized spacial score (nSPS) is 11.6. The molecule has 0 spiro atoms. The van der Waals surface area contributed by atoms with Crippen LogP contribution >= 0.6 is 11.6 Å². The molecule has 2 N–H and O–H groups in total. The number of halogens is 1. The molecule has 0 aliphatic heterocycles. The Bertz CT molecular complexity index is 491. The van der Waals surface area contributed by atoms with Crippen LogP contribution in [0.3, 0.4) is 0 Å². The molecular weight excluding hydrogens is 280 g/mol. The smallest absolute Gasteiger partial charge is 0.233 e. The van der Waals surface area contributed by atoms with Gasteiger partial charge in [0.15, 0.2) is 0 Å². The molecule has 1 atom stereocenters. The third-order valence-corrected chi connectivity index (χ3v) is 3.01. The van der Waals surface area contributed by atoms with Gasteiger partial charge in [-0.3, -0.25) is 9.59 Å². The van der Waals surface area contributed by atoms with Crippen molar-refractivity contribution in [1.29, 1.82) is 0 Å². The maximum Gasteiger partial charge on any atom is 0.233 e. The van der Waals surface area contributed by atoms with Crippen LogP contribution in [0.15, 0.2) is 18.2 Å². The van der Waals surface area contributed by atoms with E-state index in [-0.39, 0.29) is 18.4 Å². The Balaban J connectivity index is 2.62. The topological polar surface area (TPSA) is 67.4 Å². The van der Waals surface area contributed by atoms with Crippen molar-refractivity contribution in [3.05, 3.63) is 23.2 Å². The highest BCUT2D eigenvalue weighted by Gasteiger charge is 2.13. The molecule has 0 aromatic heterocycles. The van der Waals surface area contributed by atoms with Gasteiger partial charge in [0.05, 0.1) is 12.8 Å². The van der Waals surface area contributed by atoms with Crippen molar-refractivity contribution in [1.82, 2.24) is 5.32 Å². The summed E-state index contributed by atoms with van der Waals surface area (Å²) in [5.41, 5.74) is 0.446. The number of amides is 2. The number of hydrogen-bond donors (Lipinski definition) is 2. The van der Waals surface area contributed by atoms with Gasteiger partial charge >= 0.3 is 0 Å². The predicted molar refractivity (Wildman–Crippen MR) is 79.1 cm³/mol. The molecule has 0 bridgehead atoms. The second-order valence-corrected chi connectivity index (χ2v) is 4.88. The molecule has 1 rings (SSSR count). The Morgan fingerprint density at radius 3 is 2.65 bits per heavy atom. The van der Waals surface area contributed by atoms with Crippen LogP contribution in [0.4, 0.5) is 5.69 Å². The van der Waals surface area contributed by atoms with Crippen LogP contribution < -0.4 is 15.4 Å². The SMILES string of the molecule is CCC(C)NC(=O)CC(=O)Nc1cc(Cl)ccc1OC. The van der Waals surface area contributed by atoms with Gasteiger partial charge in [0, 0.05) is 11.1 Å². The van der Waals surface area contributed by atoms with Gasteiger partial charge in [0.1, 0.15) is 12.2 Å². The lowest BCUT2D eigenvalue weighted by Crippen LogP contribution is -2.34. The summed E-state index contributed by atoms with van der Waals surface area (Å²) in [7, 11) is 1.49. The first kappa shape index (κ1) is 16.3. The summed E-state index contributed by atoms with van der Waals surface area (Å²) in [6.07, 6.45) is 0.579. The summed E-state index contributed by atoms with van der Waals surface area (Å²) in [6, 6.07) is 4.93. The standard InChI is InChI=1S/C14H19ClN2O3/c1-4-9(2)16-13(18)8-14(19)17-11-7-10(15)5-6-12(11)20-3/h5-7,9H,4,8H2,1-3H3,(H,16,18)(H,17,19). The molecule has 1 aromatic carbocycles. The van der Waals surface area contributed by atoms with Crippen LogP contribution in [-0.2, 0) is 9.59 Å². The molecule has 1 unspecified atom stereocenters. The lowest BCUT2D eigenvalue weighted by Gasteiger charge is -2.12. The summed E-state index contributed by atoms with van der Waals surface area (Å²) in [5, 5.41) is 5.82. The van der Waals surface area contributed by atoms with E-state index in [1.165, 1.54) is 7.11 Å². The highest BCUT2D eigenvalue weighted by Crippen LogP contribution is 2.27. The number of benzene rings is 1. The van der Waals surface area contributed by atoms with E-state index in [0.717, 1.165) is 6.42 Å². The number of methoxy groups -OCH3 is 1. The van der Waals surface area contributed by atoms with E-state index in [1.807, 2.05) is 13.8 Å². The molecule has 0 fully saturated rings. The molecule has 0 saturated heterocycles. The molecule has 5 nitrogen and oxygen atoms in total. The van der Waals surface area contributed by atoms with Gasteiger partial charge < -0.3 is 15.4 Å². The van der Waals surface area contributed by atoms with Crippen LogP contribution in [0.2, 0.25) is 5.02 Å². The lowest BCUT2D eigenvalue weighted by molar-refractivity contribution is -0.127.